The molecule has 1 unspecified atom stereocenters. The van der Waals surface area contributed by atoms with Crippen molar-refractivity contribution in [3.63, 3.8) is 0 Å². The predicted molar refractivity (Wildman–Crippen MR) is 116 cm³/mol. The lowest BCUT2D eigenvalue weighted by Crippen LogP contribution is -2.22. The zero-order valence-electron chi connectivity index (χ0n) is 18.3. The molecule has 1 N–H and O–H groups in total. The zero-order valence-corrected chi connectivity index (χ0v) is 18.3. The highest BCUT2D eigenvalue weighted by molar-refractivity contribution is 5.99. The largest absolute Gasteiger partial charge is 0.363 e. The number of halogens is 4. The minimum atomic E-state index is -3.21. The molecule has 172 valence electrons. The third kappa shape index (κ3) is 4.27. The van der Waals surface area contributed by atoms with Gasteiger partial charge in [-0.15, -0.1) is 0 Å². The summed E-state index contributed by atoms with van der Waals surface area (Å²) < 4.78 is 57.2. The summed E-state index contributed by atoms with van der Waals surface area (Å²) in [6.07, 6.45) is 2.63. The first-order valence-corrected chi connectivity index (χ1v) is 10.5. The third-order valence-corrected chi connectivity index (χ3v) is 5.73. The molecule has 33 heavy (non-hydrogen) atoms. The van der Waals surface area contributed by atoms with Gasteiger partial charge in [-0.3, -0.25) is 9.78 Å². The number of anilines is 1. The van der Waals surface area contributed by atoms with E-state index >= 15 is 4.39 Å². The van der Waals surface area contributed by atoms with Gasteiger partial charge >= 0.3 is 0 Å². The summed E-state index contributed by atoms with van der Waals surface area (Å²) in [7, 11) is 0. The molecule has 1 aliphatic heterocycles. The second-order valence-electron chi connectivity index (χ2n) is 8.04. The summed E-state index contributed by atoms with van der Waals surface area (Å²) in [5.74, 6) is -4.33. The van der Waals surface area contributed by atoms with Crippen LogP contribution in [0.25, 0.3) is 11.1 Å². The Labute approximate surface area is 188 Å². The Morgan fingerprint density at radius 2 is 1.82 bits per heavy atom. The van der Waals surface area contributed by atoms with Gasteiger partial charge in [0.1, 0.15) is 23.1 Å². The maximum Gasteiger partial charge on any atom is 0.286 e. The molecule has 0 radical (unpaired) electrons. The molecular weight excluding hydrogens is 436 g/mol. The van der Waals surface area contributed by atoms with Gasteiger partial charge in [-0.1, -0.05) is 0 Å². The van der Waals surface area contributed by atoms with Crippen LogP contribution >= 0.6 is 0 Å². The Morgan fingerprint density at radius 1 is 1.09 bits per heavy atom. The van der Waals surface area contributed by atoms with E-state index < -0.39 is 29.3 Å². The van der Waals surface area contributed by atoms with Gasteiger partial charge in [-0.05, 0) is 49.7 Å². The number of carbonyl (C=O) groups excluding carboxylic acids is 1. The molecule has 1 aromatic carbocycles. The van der Waals surface area contributed by atoms with Crippen molar-refractivity contribution in [2.45, 2.75) is 39.3 Å². The molecule has 0 saturated heterocycles. The van der Waals surface area contributed by atoms with Crippen LogP contribution in [-0.2, 0) is 12.5 Å². The maximum atomic E-state index is 15.0. The molecule has 1 atom stereocenters. The molecule has 9 heteroatoms. The SMILES string of the molecule is CCN1Cc2c(ccnc2NC(C)c2cc(F)c(-c3ccnc(C(C)(F)F)c3)cc2F)C1=O. The van der Waals surface area contributed by atoms with E-state index in [1.807, 2.05) is 6.92 Å². The van der Waals surface area contributed by atoms with Crippen LogP contribution < -0.4 is 5.32 Å². The Balaban J connectivity index is 1.64. The van der Waals surface area contributed by atoms with Crippen LogP contribution in [0.5, 0.6) is 0 Å². The van der Waals surface area contributed by atoms with E-state index in [2.05, 4.69) is 15.3 Å². The number of rotatable bonds is 6. The molecule has 0 spiro atoms. The molecule has 5 nitrogen and oxygen atoms in total. The summed E-state index contributed by atoms with van der Waals surface area (Å²) in [6.45, 7) is 5.14. The van der Waals surface area contributed by atoms with Crippen LogP contribution in [0.3, 0.4) is 0 Å². The molecule has 0 aliphatic carbocycles. The third-order valence-electron chi connectivity index (χ3n) is 5.73. The standard InChI is InChI=1S/C24H22F4N4O/c1-4-32-12-18-15(23(32)33)6-8-30-22(18)31-13(2)16-10-20(26)17(11-19(16)25)14-5-7-29-21(9-14)24(3,27)28/h5-11,13H,4,12H2,1-3H3,(H,30,31). The summed E-state index contributed by atoms with van der Waals surface area (Å²) in [6, 6.07) is 5.39. The van der Waals surface area contributed by atoms with Crippen molar-refractivity contribution in [2.75, 3.05) is 11.9 Å². The van der Waals surface area contributed by atoms with Gasteiger partial charge in [0, 0.05) is 48.1 Å². The van der Waals surface area contributed by atoms with Gasteiger partial charge in [-0.25, -0.2) is 13.8 Å². The van der Waals surface area contributed by atoms with Gasteiger partial charge < -0.3 is 10.2 Å². The van der Waals surface area contributed by atoms with Crippen molar-refractivity contribution in [2.24, 2.45) is 0 Å². The minimum Gasteiger partial charge on any atom is -0.363 e. The molecule has 1 amide bonds. The Morgan fingerprint density at radius 3 is 2.52 bits per heavy atom. The van der Waals surface area contributed by atoms with E-state index in [-0.39, 0.29) is 22.6 Å². The number of fused-ring (bicyclic) bond motifs is 1. The van der Waals surface area contributed by atoms with Crippen LogP contribution in [0.2, 0.25) is 0 Å². The van der Waals surface area contributed by atoms with E-state index in [1.54, 1.807) is 17.9 Å². The summed E-state index contributed by atoms with van der Waals surface area (Å²) in [5.41, 5.74) is 0.717. The normalized spacial score (nSPS) is 14.4. The minimum absolute atomic E-state index is 0.0439. The van der Waals surface area contributed by atoms with Crippen molar-refractivity contribution in [3.8, 4) is 11.1 Å². The number of benzene rings is 1. The Bertz CT molecular complexity index is 1230. The highest BCUT2D eigenvalue weighted by atomic mass is 19.3. The number of carbonyl (C=O) groups is 1. The van der Waals surface area contributed by atoms with Crippen molar-refractivity contribution in [3.05, 3.63) is 76.7 Å². The van der Waals surface area contributed by atoms with Gasteiger partial charge in [0.25, 0.3) is 11.8 Å². The Kier molecular flexibility index (Phi) is 5.82. The molecule has 0 fully saturated rings. The van der Waals surface area contributed by atoms with Gasteiger partial charge in [0.05, 0.1) is 12.6 Å². The van der Waals surface area contributed by atoms with Gasteiger partial charge in [-0.2, -0.15) is 8.78 Å². The smallest absolute Gasteiger partial charge is 0.286 e. The van der Waals surface area contributed by atoms with E-state index in [4.69, 9.17) is 0 Å². The average molecular weight is 458 g/mol. The molecular formula is C24H22F4N4O. The summed E-state index contributed by atoms with van der Waals surface area (Å²) >= 11 is 0. The van der Waals surface area contributed by atoms with E-state index in [1.165, 1.54) is 12.3 Å². The van der Waals surface area contributed by atoms with Crippen molar-refractivity contribution < 1.29 is 22.4 Å². The number of nitrogens with zero attached hydrogens (tertiary/aromatic N) is 3. The van der Waals surface area contributed by atoms with E-state index in [0.29, 0.717) is 37.0 Å². The first-order valence-electron chi connectivity index (χ1n) is 10.5. The van der Waals surface area contributed by atoms with Gasteiger partial charge in [0.2, 0.25) is 0 Å². The highest BCUT2D eigenvalue weighted by Gasteiger charge is 2.30. The lowest BCUT2D eigenvalue weighted by molar-refractivity contribution is 0.0128. The summed E-state index contributed by atoms with van der Waals surface area (Å²) in [5, 5.41) is 3.07. The fourth-order valence-electron chi connectivity index (χ4n) is 3.90. The van der Waals surface area contributed by atoms with Crippen LogP contribution in [0.4, 0.5) is 23.4 Å². The number of nitrogens with one attached hydrogen (secondary N) is 1. The van der Waals surface area contributed by atoms with Gasteiger partial charge in [0.15, 0.2) is 0 Å². The second kappa shape index (κ2) is 8.46. The number of pyridine rings is 2. The second-order valence-corrected chi connectivity index (χ2v) is 8.04. The van der Waals surface area contributed by atoms with E-state index in [9.17, 15) is 18.0 Å². The lowest BCUT2D eigenvalue weighted by Gasteiger charge is -2.19. The zero-order chi connectivity index (χ0) is 23.9. The van der Waals surface area contributed by atoms with Crippen LogP contribution in [-0.4, -0.2) is 27.3 Å². The van der Waals surface area contributed by atoms with Crippen molar-refractivity contribution in [1.82, 2.24) is 14.9 Å². The monoisotopic (exact) mass is 458 g/mol. The molecule has 2 aromatic heterocycles. The number of alkyl halides is 2. The molecule has 1 aliphatic rings. The molecule has 3 aromatic rings. The topological polar surface area (TPSA) is 58.1 Å². The summed E-state index contributed by atoms with van der Waals surface area (Å²) in [4.78, 5) is 22.0. The van der Waals surface area contributed by atoms with E-state index in [0.717, 1.165) is 24.4 Å². The molecule has 4 rings (SSSR count). The van der Waals surface area contributed by atoms with Crippen LogP contribution in [0, 0.1) is 11.6 Å². The first kappa shape index (κ1) is 22.7. The van der Waals surface area contributed by atoms with Crippen LogP contribution in [0.1, 0.15) is 54.0 Å². The molecule has 0 saturated carbocycles. The molecule has 0 bridgehead atoms. The number of hydrogen-bond acceptors (Lipinski definition) is 4. The lowest BCUT2D eigenvalue weighted by atomic mass is 9.99. The fourth-order valence-corrected chi connectivity index (χ4v) is 3.90. The molecule has 3 heterocycles. The van der Waals surface area contributed by atoms with Crippen molar-refractivity contribution in [1.29, 1.82) is 0 Å². The predicted octanol–water partition coefficient (Wildman–Crippen LogP) is 5.68. The van der Waals surface area contributed by atoms with Crippen LogP contribution in [0.15, 0.2) is 42.7 Å². The highest BCUT2D eigenvalue weighted by Crippen LogP contribution is 2.34. The van der Waals surface area contributed by atoms with Crippen molar-refractivity contribution >= 4 is 11.7 Å². The first-order chi connectivity index (χ1) is 15.6. The Hall–Kier alpha value is -3.49. The average Bonchev–Trinajstić information content (AvgIpc) is 3.11. The number of aromatic nitrogens is 2. The number of hydrogen-bond donors (Lipinski definition) is 1. The maximum absolute atomic E-state index is 15.0. The number of amides is 1. The fraction of sp³-hybridized carbons (Fsp3) is 0.292. The quantitative estimate of drug-likeness (QED) is 0.483.